The van der Waals surface area contributed by atoms with E-state index in [4.69, 9.17) is 5.73 Å². The van der Waals surface area contributed by atoms with Crippen LogP contribution in [-0.4, -0.2) is 101 Å². The van der Waals surface area contributed by atoms with Crippen LogP contribution in [0.2, 0.25) is 0 Å². The smallest absolute Gasteiger partial charge is 0.245 e. The van der Waals surface area contributed by atoms with Crippen LogP contribution in [0.3, 0.4) is 0 Å². The van der Waals surface area contributed by atoms with Crippen molar-refractivity contribution in [3.63, 3.8) is 0 Å². The monoisotopic (exact) mass is 740 g/mol. The van der Waals surface area contributed by atoms with Gasteiger partial charge in [0, 0.05) is 29.9 Å². The van der Waals surface area contributed by atoms with Crippen molar-refractivity contribution in [3.05, 3.63) is 36.0 Å². The number of aliphatic hydroxyl groups is 1. The topological polar surface area (TPSA) is 254 Å². The average Bonchev–Trinajstić information content (AvgIpc) is 3.80. The number of hydrogen-bond donors (Lipinski definition) is 9. The summed E-state index contributed by atoms with van der Waals surface area (Å²) in [6.45, 7) is 9.17. The zero-order valence-corrected chi connectivity index (χ0v) is 31.2. The van der Waals surface area contributed by atoms with E-state index in [1.54, 1.807) is 20.0 Å². The number of amides is 6. The van der Waals surface area contributed by atoms with Crippen LogP contribution < -0.4 is 37.6 Å². The highest BCUT2D eigenvalue weighted by Gasteiger charge is 2.36. The first-order valence-electron chi connectivity index (χ1n) is 18.4. The molecule has 6 amide bonds. The fourth-order valence-corrected chi connectivity index (χ4v) is 6.26. The number of aromatic nitrogens is 1. The highest BCUT2D eigenvalue weighted by molar-refractivity contribution is 5.96. The van der Waals surface area contributed by atoms with Crippen molar-refractivity contribution in [1.82, 2.24) is 36.9 Å². The van der Waals surface area contributed by atoms with E-state index in [1.165, 1.54) is 6.92 Å². The van der Waals surface area contributed by atoms with Crippen molar-refractivity contribution < 1.29 is 38.7 Å². The van der Waals surface area contributed by atoms with E-state index in [9.17, 15) is 38.7 Å². The van der Waals surface area contributed by atoms with Gasteiger partial charge in [0.15, 0.2) is 0 Å². The minimum Gasteiger partial charge on any atom is -0.391 e. The van der Waals surface area contributed by atoms with E-state index in [1.807, 2.05) is 38.1 Å². The molecular formula is C37H56N8O8. The molecule has 16 nitrogen and oxygen atoms in total. The summed E-state index contributed by atoms with van der Waals surface area (Å²) in [5, 5.41) is 27.8. The molecule has 0 bridgehead atoms. The molecule has 0 saturated carbocycles. The van der Waals surface area contributed by atoms with Gasteiger partial charge < -0.3 is 52.5 Å². The lowest BCUT2D eigenvalue weighted by Gasteiger charge is -2.30. The number of benzene rings is 1. The van der Waals surface area contributed by atoms with Crippen molar-refractivity contribution in [2.75, 3.05) is 6.54 Å². The third-order valence-corrected chi connectivity index (χ3v) is 9.49. The quantitative estimate of drug-likeness (QED) is 0.0769. The van der Waals surface area contributed by atoms with Crippen LogP contribution >= 0.6 is 0 Å². The lowest BCUT2D eigenvalue weighted by molar-refractivity contribution is -0.137. The summed E-state index contributed by atoms with van der Waals surface area (Å²) in [7, 11) is 0. The lowest BCUT2D eigenvalue weighted by atomic mass is 9.96. The molecule has 3 rings (SSSR count). The molecule has 1 aliphatic rings. The summed E-state index contributed by atoms with van der Waals surface area (Å²) in [6.07, 6.45) is 2.91. The Balaban J connectivity index is 1.73. The Morgan fingerprint density at radius 1 is 0.906 bits per heavy atom. The minimum atomic E-state index is -1.53. The molecule has 292 valence electrons. The highest BCUT2D eigenvalue weighted by atomic mass is 16.3. The number of aldehydes is 1. The summed E-state index contributed by atoms with van der Waals surface area (Å²) in [4.78, 5) is 94.0. The number of aliphatic hydroxyl groups excluding tert-OH is 1. The van der Waals surface area contributed by atoms with Gasteiger partial charge >= 0.3 is 0 Å². The summed E-state index contributed by atoms with van der Waals surface area (Å²) >= 11 is 0. The molecule has 2 aromatic rings. The fourth-order valence-electron chi connectivity index (χ4n) is 6.26. The minimum absolute atomic E-state index is 0.0635. The predicted molar refractivity (Wildman–Crippen MR) is 198 cm³/mol. The molecule has 0 aliphatic carbocycles. The van der Waals surface area contributed by atoms with Gasteiger partial charge in [-0.1, -0.05) is 52.3 Å². The Bertz CT molecular complexity index is 1590. The van der Waals surface area contributed by atoms with Gasteiger partial charge in [-0.05, 0) is 62.6 Å². The van der Waals surface area contributed by atoms with Gasteiger partial charge in [-0.25, -0.2) is 0 Å². The van der Waals surface area contributed by atoms with Gasteiger partial charge in [-0.3, -0.25) is 28.8 Å². The predicted octanol–water partition coefficient (Wildman–Crippen LogP) is -0.176. The molecule has 0 radical (unpaired) electrons. The third-order valence-electron chi connectivity index (χ3n) is 9.49. The molecule has 0 spiro atoms. The van der Waals surface area contributed by atoms with E-state index < -0.39 is 83.7 Å². The maximum absolute atomic E-state index is 13.7. The first-order valence-corrected chi connectivity index (χ1v) is 18.4. The summed E-state index contributed by atoms with van der Waals surface area (Å²) in [6, 6.07) is 1.15. The Morgan fingerprint density at radius 3 is 2.17 bits per heavy atom. The number of aromatic amines is 1. The summed E-state index contributed by atoms with van der Waals surface area (Å²) < 4.78 is 0. The van der Waals surface area contributed by atoms with E-state index >= 15 is 0 Å². The lowest BCUT2D eigenvalue weighted by Crippen LogP contribution is -2.62. The van der Waals surface area contributed by atoms with Gasteiger partial charge in [0.25, 0.3) is 0 Å². The average molecular weight is 741 g/mol. The number of fused-ring (bicyclic) bond motifs is 1. The van der Waals surface area contributed by atoms with Crippen molar-refractivity contribution in [3.8, 4) is 0 Å². The van der Waals surface area contributed by atoms with Crippen LogP contribution in [0.25, 0.3) is 10.9 Å². The second kappa shape index (κ2) is 20.4. The Morgan fingerprint density at radius 2 is 1.57 bits per heavy atom. The number of carbonyl (C=O) groups is 7. The first-order chi connectivity index (χ1) is 25.1. The zero-order chi connectivity index (χ0) is 39.2. The number of carbonyl (C=O) groups excluding carboxylic acids is 7. The summed E-state index contributed by atoms with van der Waals surface area (Å²) in [5.74, 6) is -4.57. The van der Waals surface area contributed by atoms with Crippen LogP contribution in [0.4, 0.5) is 0 Å². The number of hydrogen-bond acceptors (Lipinski definition) is 9. The summed E-state index contributed by atoms with van der Waals surface area (Å²) in [5.41, 5.74) is 7.03. The molecule has 0 unspecified atom stereocenters. The maximum atomic E-state index is 13.7. The molecule has 1 fully saturated rings. The molecule has 1 saturated heterocycles. The number of rotatable bonds is 21. The van der Waals surface area contributed by atoms with Gasteiger partial charge in [0.2, 0.25) is 35.4 Å². The van der Waals surface area contributed by atoms with Gasteiger partial charge in [-0.2, -0.15) is 0 Å². The van der Waals surface area contributed by atoms with Crippen molar-refractivity contribution >= 4 is 52.6 Å². The third kappa shape index (κ3) is 12.7. The Labute approximate surface area is 309 Å². The molecule has 16 heteroatoms. The standard InChI is InChI=1S/C37H56N8O8/c1-6-21(4)31(44-34(50)28(13-14-30(38)48)42-33(49)27-12-9-15-39-27)36(52)45-32(22(5)47)37(53)43-29(16-20(2)3)35(51)41-24(19-46)17-23-18-40-26-11-8-7-10-25(23)26/h7-8,10-11,18-22,24,27-29,31-32,39-40,47H,6,9,12-17H2,1-5H3,(H2,38,48)(H,41,51)(H,42,49)(H,43,53)(H,44,50)(H,45,52)/t21-,22+,24-,27-,28-,29-,31-,32-/m0/s1. The fraction of sp³-hybridized carbons (Fsp3) is 0.595. The second-order valence-electron chi connectivity index (χ2n) is 14.3. The van der Waals surface area contributed by atoms with Gasteiger partial charge in [-0.15, -0.1) is 0 Å². The van der Waals surface area contributed by atoms with Gasteiger partial charge in [0.05, 0.1) is 18.2 Å². The number of nitrogens with two attached hydrogens (primary N) is 1. The van der Waals surface area contributed by atoms with E-state index in [0.717, 1.165) is 22.9 Å². The van der Waals surface area contributed by atoms with Gasteiger partial charge in [0.1, 0.15) is 30.5 Å². The number of para-hydroxylation sites is 1. The van der Waals surface area contributed by atoms with Crippen LogP contribution in [0.15, 0.2) is 30.5 Å². The zero-order valence-electron chi connectivity index (χ0n) is 31.2. The van der Waals surface area contributed by atoms with E-state index in [2.05, 4.69) is 36.9 Å². The van der Waals surface area contributed by atoms with Crippen molar-refractivity contribution in [2.45, 2.75) is 122 Å². The number of H-pyrrole nitrogens is 1. The first kappa shape index (κ1) is 42.6. The number of primary amides is 1. The van der Waals surface area contributed by atoms with Crippen molar-refractivity contribution in [1.29, 1.82) is 0 Å². The molecule has 1 aliphatic heterocycles. The molecule has 10 N–H and O–H groups in total. The molecular weight excluding hydrogens is 684 g/mol. The Kier molecular flexibility index (Phi) is 16.4. The van der Waals surface area contributed by atoms with Crippen molar-refractivity contribution in [2.24, 2.45) is 17.6 Å². The molecule has 1 aromatic carbocycles. The molecule has 8 atom stereocenters. The number of nitrogens with one attached hydrogen (secondary N) is 7. The molecule has 2 heterocycles. The maximum Gasteiger partial charge on any atom is 0.245 e. The second-order valence-corrected chi connectivity index (χ2v) is 14.3. The largest absolute Gasteiger partial charge is 0.391 e. The van der Waals surface area contributed by atoms with Crippen LogP contribution in [-0.2, 0) is 40.0 Å². The molecule has 53 heavy (non-hydrogen) atoms. The normalized spacial score (nSPS) is 18.1. The SMILES string of the molecule is CC[C@H](C)[C@H](NC(=O)[C@H](CCC(N)=O)NC(=O)[C@@H]1CCCN1)C(=O)N[C@H](C(=O)N[C@@H](CC(C)C)C(=O)N[C@H](C=O)Cc1c[nH]c2ccccc12)[C@@H](C)O. The van der Waals surface area contributed by atoms with Crippen LogP contribution in [0, 0.1) is 11.8 Å². The molecule has 1 aromatic heterocycles. The Hall–Kier alpha value is -4.83. The van der Waals surface area contributed by atoms with Crippen LogP contribution in [0.1, 0.15) is 78.7 Å². The van der Waals surface area contributed by atoms with E-state index in [0.29, 0.717) is 25.7 Å². The van der Waals surface area contributed by atoms with Crippen LogP contribution in [0.5, 0.6) is 0 Å². The van der Waals surface area contributed by atoms with E-state index in [-0.39, 0.29) is 31.6 Å². The highest BCUT2D eigenvalue weighted by Crippen LogP contribution is 2.19.